The fraction of sp³-hybridized carbons (Fsp3) is 0.412. The minimum Gasteiger partial charge on any atom is -1.00 e. The number of hydrogen-bond donors (Lipinski definition) is 4. The summed E-state index contributed by atoms with van der Waals surface area (Å²) in [7, 11) is 0. The first-order valence-electron chi connectivity index (χ1n) is 8.17. The molecule has 8 heteroatoms. The zero-order chi connectivity index (χ0) is 17.5. The molecule has 7 nitrogen and oxygen atoms in total. The van der Waals surface area contributed by atoms with Gasteiger partial charge in [-0.2, -0.15) is 0 Å². The van der Waals surface area contributed by atoms with Crippen molar-refractivity contribution in [2.45, 2.75) is 19.9 Å². The van der Waals surface area contributed by atoms with Gasteiger partial charge in [0.15, 0.2) is 0 Å². The van der Waals surface area contributed by atoms with E-state index in [1.807, 2.05) is 12.2 Å². The molecule has 25 heavy (non-hydrogen) atoms. The van der Waals surface area contributed by atoms with Gasteiger partial charge < -0.3 is 37.8 Å². The molecule has 2 rings (SSSR count). The molecule has 0 saturated carbocycles. The zero-order valence-corrected chi connectivity index (χ0v) is 14.9. The lowest BCUT2D eigenvalue weighted by molar-refractivity contribution is -0.654. The summed E-state index contributed by atoms with van der Waals surface area (Å²) in [4.78, 5) is 25.0. The third-order valence-corrected chi connectivity index (χ3v) is 3.79. The van der Waals surface area contributed by atoms with E-state index in [4.69, 9.17) is 5.11 Å². The Balaban J connectivity index is 0.00000312. The van der Waals surface area contributed by atoms with Crippen LogP contribution < -0.4 is 28.6 Å². The van der Waals surface area contributed by atoms with Crippen molar-refractivity contribution in [3.63, 3.8) is 0 Å². The number of fused-ring (bicyclic) bond motifs is 1. The van der Waals surface area contributed by atoms with Crippen LogP contribution in [0.3, 0.4) is 0 Å². The molecule has 2 aromatic rings. The van der Waals surface area contributed by atoms with E-state index in [0.29, 0.717) is 37.1 Å². The number of benzene rings is 1. The summed E-state index contributed by atoms with van der Waals surface area (Å²) in [6.45, 7) is 3.98. The van der Waals surface area contributed by atoms with Gasteiger partial charge in [0.1, 0.15) is 11.3 Å². The number of carbonyl (C=O) groups excluding carboxylic acids is 1. The Hall–Kier alpha value is -2.09. The van der Waals surface area contributed by atoms with Crippen molar-refractivity contribution in [3.8, 4) is 5.75 Å². The average Bonchev–Trinajstić information content (AvgIpc) is 2.58. The third kappa shape index (κ3) is 4.72. The Morgan fingerprint density at radius 1 is 1.28 bits per heavy atom. The number of nitrogens with zero attached hydrogens (tertiary/aromatic N) is 1. The first kappa shape index (κ1) is 21.0. The summed E-state index contributed by atoms with van der Waals surface area (Å²) in [6, 6.07) is 7.01. The van der Waals surface area contributed by atoms with Gasteiger partial charge in [-0.1, -0.05) is 19.1 Å². The number of amides is 1. The molecule has 1 aromatic carbocycles. The van der Waals surface area contributed by atoms with Crippen molar-refractivity contribution in [1.82, 2.24) is 9.88 Å². The average molecular weight is 370 g/mol. The normalized spacial score (nSPS) is 10.5. The van der Waals surface area contributed by atoms with Crippen molar-refractivity contribution in [2.75, 3.05) is 26.2 Å². The highest BCUT2D eigenvalue weighted by Gasteiger charge is 2.21. The van der Waals surface area contributed by atoms with Gasteiger partial charge in [-0.15, -0.1) is 0 Å². The van der Waals surface area contributed by atoms with Crippen LogP contribution in [0.4, 0.5) is 0 Å². The van der Waals surface area contributed by atoms with Gasteiger partial charge >= 0.3 is 0 Å². The number of carbonyl (C=O) groups is 1. The number of quaternary nitrogens is 1. The number of aromatic nitrogens is 1. The Morgan fingerprint density at radius 2 is 2.00 bits per heavy atom. The van der Waals surface area contributed by atoms with Crippen molar-refractivity contribution in [3.05, 3.63) is 40.2 Å². The van der Waals surface area contributed by atoms with E-state index < -0.39 is 11.5 Å². The zero-order valence-electron chi connectivity index (χ0n) is 14.2. The SMILES string of the molecule is CCCn1c(=O)c(C(=O)NCC[NH2+]CCO)c(O)c2ccccc21.[Cl-]. The summed E-state index contributed by atoms with van der Waals surface area (Å²) in [6.07, 6.45) is 0.742. The maximum absolute atomic E-state index is 12.7. The fourth-order valence-electron chi connectivity index (χ4n) is 2.65. The number of nitrogens with one attached hydrogen (secondary N) is 1. The molecule has 0 aliphatic carbocycles. The Kier molecular flexibility index (Phi) is 8.40. The van der Waals surface area contributed by atoms with Crippen molar-refractivity contribution >= 4 is 16.8 Å². The molecule has 0 fully saturated rings. The predicted molar refractivity (Wildman–Crippen MR) is 91.2 cm³/mol. The minimum absolute atomic E-state index is 0. The quantitative estimate of drug-likeness (QED) is 0.361. The maximum atomic E-state index is 12.7. The van der Waals surface area contributed by atoms with E-state index >= 15 is 0 Å². The number of nitrogens with two attached hydrogens (primary N) is 1. The summed E-state index contributed by atoms with van der Waals surface area (Å²) in [5.74, 6) is -0.856. The number of pyridine rings is 1. The number of halogens is 1. The molecule has 0 radical (unpaired) electrons. The largest absolute Gasteiger partial charge is 1.00 e. The van der Waals surface area contributed by atoms with Gasteiger partial charge in [-0.05, 0) is 18.6 Å². The molecule has 1 aromatic heterocycles. The smallest absolute Gasteiger partial charge is 0.267 e. The van der Waals surface area contributed by atoms with Gasteiger partial charge in [0.25, 0.3) is 11.5 Å². The van der Waals surface area contributed by atoms with Gasteiger partial charge in [-0.25, -0.2) is 0 Å². The van der Waals surface area contributed by atoms with Crippen LogP contribution in [0.25, 0.3) is 10.9 Å². The molecule has 0 atom stereocenters. The molecular formula is C17H24ClN3O4. The highest BCUT2D eigenvalue weighted by molar-refractivity contribution is 6.02. The van der Waals surface area contributed by atoms with E-state index in [2.05, 4.69) is 5.32 Å². The number of aliphatic hydroxyl groups is 1. The van der Waals surface area contributed by atoms with Crippen LogP contribution in [-0.2, 0) is 6.54 Å². The van der Waals surface area contributed by atoms with Gasteiger partial charge in [0.05, 0.1) is 31.8 Å². The lowest BCUT2D eigenvalue weighted by Gasteiger charge is -2.14. The van der Waals surface area contributed by atoms with E-state index in [9.17, 15) is 14.7 Å². The predicted octanol–water partition coefficient (Wildman–Crippen LogP) is -3.59. The monoisotopic (exact) mass is 369 g/mol. The summed E-state index contributed by atoms with van der Waals surface area (Å²) in [5.41, 5.74) is -0.0797. The van der Waals surface area contributed by atoms with E-state index in [1.165, 1.54) is 4.57 Å². The van der Waals surface area contributed by atoms with Crippen LogP contribution in [0.5, 0.6) is 5.75 Å². The van der Waals surface area contributed by atoms with Gasteiger partial charge in [0.2, 0.25) is 0 Å². The first-order chi connectivity index (χ1) is 11.6. The summed E-state index contributed by atoms with van der Waals surface area (Å²) >= 11 is 0. The van der Waals surface area contributed by atoms with E-state index in [0.717, 1.165) is 6.42 Å². The van der Waals surface area contributed by atoms with Crippen molar-refractivity contribution < 1.29 is 32.7 Å². The molecular weight excluding hydrogens is 346 g/mol. The highest BCUT2D eigenvalue weighted by atomic mass is 35.5. The van der Waals surface area contributed by atoms with Crippen LogP contribution in [0.2, 0.25) is 0 Å². The van der Waals surface area contributed by atoms with Crippen LogP contribution >= 0.6 is 0 Å². The first-order valence-corrected chi connectivity index (χ1v) is 8.17. The highest BCUT2D eigenvalue weighted by Crippen LogP contribution is 2.26. The molecule has 0 unspecified atom stereocenters. The van der Waals surface area contributed by atoms with E-state index in [1.54, 1.807) is 24.3 Å². The Bertz CT molecular complexity index is 776. The molecule has 1 amide bonds. The number of aromatic hydroxyl groups is 1. The number of hydrogen-bond acceptors (Lipinski definition) is 4. The maximum Gasteiger partial charge on any atom is 0.267 e. The lowest BCUT2D eigenvalue weighted by Crippen LogP contribution is -3.00. The number of para-hydroxylation sites is 1. The van der Waals surface area contributed by atoms with Crippen LogP contribution in [0.1, 0.15) is 23.7 Å². The lowest BCUT2D eigenvalue weighted by atomic mass is 10.1. The molecule has 5 N–H and O–H groups in total. The van der Waals surface area contributed by atoms with Crippen LogP contribution in [0, 0.1) is 0 Å². The summed E-state index contributed by atoms with van der Waals surface area (Å²) in [5, 5.41) is 24.1. The third-order valence-electron chi connectivity index (χ3n) is 3.79. The summed E-state index contributed by atoms with van der Waals surface area (Å²) < 4.78 is 1.53. The molecule has 0 saturated heterocycles. The van der Waals surface area contributed by atoms with E-state index in [-0.39, 0.29) is 30.3 Å². The molecule has 0 aliphatic heterocycles. The molecule has 0 spiro atoms. The van der Waals surface area contributed by atoms with Gasteiger partial charge in [-0.3, -0.25) is 9.59 Å². The molecule has 1 heterocycles. The minimum atomic E-state index is -0.578. The fourth-order valence-corrected chi connectivity index (χ4v) is 2.65. The molecule has 0 bridgehead atoms. The van der Waals surface area contributed by atoms with Crippen LogP contribution in [-0.4, -0.2) is 46.9 Å². The van der Waals surface area contributed by atoms with Crippen molar-refractivity contribution in [2.24, 2.45) is 0 Å². The van der Waals surface area contributed by atoms with Gasteiger partial charge in [0, 0.05) is 11.9 Å². The number of aliphatic hydroxyl groups excluding tert-OH is 1. The van der Waals surface area contributed by atoms with Crippen molar-refractivity contribution in [1.29, 1.82) is 0 Å². The Labute approximate surface area is 152 Å². The standard InChI is InChI=1S/C17H23N3O4.ClH/c1-2-10-20-13-6-4-3-5-12(13)15(22)14(17(20)24)16(23)19-8-7-18-9-11-21;/h3-6,18,21-22H,2,7-11H2,1H3,(H,19,23);1H. The molecule has 138 valence electrons. The second-order valence-electron chi connectivity index (χ2n) is 5.54. The number of aryl methyl sites for hydroxylation is 1. The Morgan fingerprint density at radius 3 is 2.68 bits per heavy atom. The number of rotatable bonds is 8. The second kappa shape index (κ2) is 10.0. The molecule has 0 aliphatic rings. The topological polar surface area (TPSA) is 108 Å². The second-order valence-corrected chi connectivity index (χ2v) is 5.54. The van der Waals surface area contributed by atoms with Crippen LogP contribution in [0.15, 0.2) is 29.1 Å².